The summed E-state index contributed by atoms with van der Waals surface area (Å²) in [7, 11) is 0. The number of likely N-dealkylation sites (tertiary alicyclic amines) is 1. The number of piperidine rings is 1. The zero-order chi connectivity index (χ0) is 14.2. The van der Waals surface area contributed by atoms with Gasteiger partial charge < -0.3 is 9.64 Å². The summed E-state index contributed by atoms with van der Waals surface area (Å²) < 4.78 is 5.98. The number of hydrogen-bond acceptors (Lipinski definition) is 2. The van der Waals surface area contributed by atoms with Crippen molar-refractivity contribution in [3.05, 3.63) is 0 Å². The van der Waals surface area contributed by atoms with E-state index < -0.39 is 0 Å². The Kier molecular flexibility index (Phi) is 8.25. The SMILES string of the molecule is CC.CC.CC(=O)N1CCC(C)(OC2CC2)CC1. The molecule has 2 rings (SSSR count). The summed E-state index contributed by atoms with van der Waals surface area (Å²) in [6.07, 6.45) is 4.95. The standard InChI is InChI=1S/C11H19NO2.2C2H6/c1-9(13)12-7-5-11(2,6-8-12)14-10-3-4-10;2*1-2/h10H,3-8H2,1-2H3;2*1-2H3. The molecule has 1 aliphatic heterocycles. The number of rotatable bonds is 2. The van der Waals surface area contributed by atoms with E-state index in [4.69, 9.17) is 4.74 Å². The van der Waals surface area contributed by atoms with E-state index in [2.05, 4.69) is 6.92 Å². The molecule has 0 aromatic rings. The van der Waals surface area contributed by atoms with Crippen LogP contribution in [0.2, 0.25) is 0 Å². The Morgan fingerprint density at radius 2 is 1.56 bits per heavy atom. The van der Waals surface area contributed by atoms with Crippen molar-refractivity contribution in [2.24, 2.45) is 0 Å². The molecule has 0 bridgehead atoms. The van der Waals surface area contributed by atoms with Crippen LogP contribution in [0.3, 0.4) is 0 Å². The molecule has 0 N–H and O–H groups in total. The third kappa shape index (κ3) is 5.85. The molecule has 0 radical (unpaired) electrons. The van der Waals surface area contributed by atoms with Crippen molar-refractivity contribution in [1.82, 2.24) is 4.90 Å². The Bertz CT molecular complexity index is 229. The maximum Gasteiger partial charge on any atom is 0.219 e. The summed E-state index contributed by atoms with van der Waals surface area (Å²) in [5, 5.41) is 0. The van der Waals surface area contributed by atoms with Gasteiger partial charge in [0.15, 0.2) is 0 Å². The second-order valence-electron chi connectivity index (χ2n) is 4.77. The molecule has 1 amide bonds. The maximum atomic E-state index is 11.1. The molecule has 0 spiro atoms. The van der Waals surface area contributed by atoms with E-state index in [0.29, 0.717) is 6.10 Å². The highest BCUT2D eigenvalue weighted by atomic mass is 16.5. The lowest BCUT2D eigenvalue weighted by Crippen LogP contribution is -2.46. The van der Waals surface area contributed by atoms with E-state index in [0.717, 1.165) is 25.9 Å². The van der Waals surface area contributed by atoms with Crippen LogP contribution in [-0.2, 0) is 9.53 Å². The van der Waals surface area contributed by atoms with E-state index in [1.54, 1.807) is 6.92 Å². The molecule has 3 heteroatoms. The monoisotopic (exact) mass is 257 g/mol. The van der Waals surface area contributed by atoms with Gasteiger partial charge in [0.1, 0.15) is 0 Å². The fourth-order valence-corrected chi connectivity index (χ4v) is 2.00. The van der Waals surface area contributed by atoms with Gasteiger partial charge in [0.2, 0.25) is 5.91 Å². The van der Waals surface area contributed by atoms with E-state index >= 15 is 0 Å². The summed E-state index contributed by atoms with van der Waals surface area (Å²) in [5.41, 5.74) is 0.0348. The highest BCUT2D eigenvalue weighted by Crippen LogP contribution is 2.34. The van der Waals surface area contributed by atoms with Crippen LogP contribution in [0.4, 0.5) is 0 Å². The quantitative estimate of drug-likeness (QED) is 0.756. The van der Waals surface area contributed by atoms with Crippen LogP contribution in [0.5, 0.6) is 0 Å². The number of amides is 1. The molecule has 18 heavy (non-hydrogen) atoms. The minimum Gasteiger partial charge on any atom is -0.372 e. The summed E-state index contributed by atoms with van der Waals surface area (Å²) >= 11 is 0. The number of hydrogen-bond donors (Lipinski definition) is 0. The van der Waals surface area contributed by atoms with Gasteiger partial charge in [0.05, 0.1) is 11.7 Å². The molecule has 1 heterocycles. The first-order chi connectivity index (χ1) is 8.59. The summed E-state index contributed by atoms with van der Waals surface area (Å²) in [6, 6.07) is 0. The van der Waals surface area contributed by atoms with Crippen LogP contribution in [0, 0.1) is 0 Å². The summed E-state index contributed by atoms with van der Waals surface area (Å²) in [5.74, 6) is 0.193. The minimum atomic E-state index is 0.0348. The van der Waals surface area contributed by atoms with Crippen LogP contribution in [0.25, 0.3) is 0 Å². The third-order valence-corrected chi connectivity index (χ3v) is 3.24. The average molecular weight is 257 g/mol. The average Bonchev–Trinajstić information content (AvgIpc) is 3.18. The molecule has 1 saturated heterocycles. The first kappa shape index (κ1) is 17.4. The predicted octanol–water partition coefficient (Wildman–Crippen LogP) is 3.62. The van der Waals surface area contributed by atoms with Gasteiger partial charge in [-0.3, -0.25) is 4.79 Å². The van der Waals surface area contributed by atoms with Crippen molar-refractivity contribution in [2.45, 2.75) is 78.9 Å². The van der Waals surface area contributed by atoms with Gasteiger partial charge in [-0.1, -0.05) is 27.7 Å². The third-order valence-electron chi connectivity index (χ3n) is 3.24. The van der Waals surface area contributed by atoms with Crippen molar-refractivity contribution in [3.8, 4) is 0 Å². The second-order valence-corrected chi connectivity index (χ2v) is 4.77. The van der Waals surface area contributed by atoms with E-state index in [-0.39, 0.29) is 11.5 Å². The molecule has 2 fully saturated rings. The molecule has 0 atom stereocenters. The summed E-state index contributed by atoms with van der Waals surface area (Å²) in [4.78, 5) is 13.0. The van der Waals surface area contributed by atoms with Crippen LogP contribution in [0.1, 0.15) is 67.2 Å². The van der Waals surface area contributed by atoms with Gasteiger partial charge in [-0.05, 0) is 32.6 Å². The van der Waals surface area contributed by atoms with Gasteiger partial charge in [0.25, 0.3) is 0 Å². The Balaban J connectivity index is 0.000000659. The van der Waals surface area contributed by atoms with Crippen molar-refractivity contribution in [2.75, 3.05) is 13.1 Å². The Morgan fingerprint density at radius 3 is 1.89 bits per heavy atom. The number of nitrogens with zero attached hydrogens (tertiary/aromatic N) is 1. The minimum absolute atomic E-state index is 0.0348. The fourth-order valence-electron chi connectivity index (χ4n) is 2.00. The fraction of sp³-hybridized carbons (Fsp3) is 0.933. The molecule has 2 aliphatic rings. The molecule has 0 aromatic carbocycles. The Morgan fingerprint density at radius 1 is 1.11 bits per heavy atom. The molecule has 1 saturated carbocycles. The highest BCUT2D eigenvalue weighted by molar-refractivity contribution is 5.73. The zero-order valence-corrected chi connectivity index (χ0v) is 13.1. The van der Waals surface area contributed by atoms with Crippen LogP contribution in [-0.4, -0.2) is 35.6 Å². The van der Waals surface area contributed by atoms with E-state index in [1.165, 1.54) is 12.8 Å². The van der Waals surface area contributed by atoms with Gasteiger partial charge >= 0.3 is 0 Å². The van der Waals surface area contributed by atoms with Crippen LogP contribution >= 0.6 is 0 Å². The van der Waals surface area contributed by atoms with E-state index in [9.17, 15) is 4.79 Å². The van der Waals surface area contributed by atoms with Crippen LogP contribution in [0.15, 0.2) is 0 Å². The molecule has 3 nitrogen and oxygen atoms in total. The van der Waals surface area contributed by atoms with Gasteiger partial charge in [-0.15, -0.1) is 0 Å². The number of ether oxygens (including phenoxy) is 1. The molecular formula is C15H31NO2. The van der Waals surface area contributed by atoms with Crippen molar-refractivity contribution in [3.63, 3.8) is 0 Å². The molecule has 108 valence electrons. The van der Waals surface area contributed by atoms with Gasteiger partial charge in [0, 0.05) is 20.0 Å². The van der Waals surface area contributed by atoms with E-state index in [1.807, 2.05) is 32.6 Å². The second kappa shape index (κ2) is 8.52. The normalized spacial score (nSPS) is 21.1. The predicted molar refractivity (Wildman–Crippen MR) is 76.7 cm³/mol. The zero-order valence-electron chi connectivity index (χ0n) is 13.1. The van der Waals surface area contributed by atoms with Crippen molar-refractivity contribution < 1.29 is 9.53 Å². The van der Waals surface area contributed by atoms with Crippen molar-refractivity contribution >= 4 is 5.91 Å². The first-order valence-corrected chi connectivity index (χ1v) is 7.52. The molecule has 1 aliphatic carbocycles. The molecule has 0 unspecified atom stereocenters. The summed E-state index contributed by atoms with van der Waals surface area (Å²) in [6.45, 7) is 13.5. The Hall–Kier alpha value is -0.570. The number of carbonyl (C=O) groups is 1. The van der Waals surface area contributed by atoms with Gasteiger partial charge in [-0.2, -0.15) is 0 Å². The topological polar surface area (TPSA) is 29.5 Å². The van der Waals surface area contributed by atoms with Crippen molar-refractivity contribution in [1.29, 1.82) is 0 Å². The van der Waals surface area contributed by atoms with Crippen LogP contribution < -0.4 is 0 Å². The maximum absolute atomic E-state index is 11.1. The van der Waals surface area contributed by atoms with Gasteiger partial charge in [-0.25, -0.2) is 0 Å². The Labute approximate surface area is 113 Å². The molecule has 0 aromatic heterocycles. The number of carbonyl (C=O) groups excluding carboxylic acids is 1. The molecular weight excluding hydrogens is 226 g/mol. The lowest BCUT2D eigenvalue weighted by molar-refractivity contribution is -0.135. The lowest BCUT2D eigenvalue weighted by Gasteiger charge is -2.39. The lowest BCUT2D eigenvalue weighted by atomic mass is 9.93. The smallest absolute Gasteiger partial charge is 0.219 e. The highest BCUT2D eigenvalue weighted by Gasteiger charge is 2.37. The first-order valence-electron chi connectivity index (χ1n) is 7.52. The largest absolute Gasteiger partial charge is 0.372 e.